The van der Waals surface area contributed by atoms with Crippen molar-refractivity contribution in [3.05, 3.63) is 76.1 Å². The summed E-state index contributed by atoms with van der Waals surface area (Å²) in [5.74, 6) is 0.0490. The molecule has 7 nitrogen and oxygen atoms in total. The lowest BCUT2D eigenvalue weighted by Gasteiger charge is -2.07. The fraction of sp³-hybridized carbons (Fsp3) is 0.200. The summed E-state index contributed by atoms with van der Waals surface area (Å²) in [5, 5.41) is 11.4. The maximum atomic E-state index is 12.9. The predicted molar refractivity (Wildman–Crippen MR) is 106 cm³/mol. The number of aromatic nitrogens is 3. The maximum Gasteiger partial charge on any atom is 0.343 e. The molecule has 0 spiro atoms. The highest BCUT2D eigenvalue weighted by molar-refractivity contribution is 7.71. The summed E-state index contributed by atoms with van der Waals surface area (Å²) in [7, 11) is 0. The third-order valence-electron chi connectivity index (χ3n) is 4.39. The van der Waals surface area contributed by atoms with Crippen LogP contribution >= 0.6 is 12.2 Å². The molecule has 1 N–H and O–H groups in total. The Kier molecular flexibility index (Phi) is 5.59. The van der Waals surface area contributed by atoms with E-state index in [2.05, 4.69) is 15.3 Å². The number of nitrogens with zero attached hydrogens (tertiary/aromatic N) is 3. The van der Waals surface area contributed by atoms with Crippen LogP contribution < -0.4 is 4.74 Å². The Morgan fingerprint density at radius 3 is 2.72 bits per heavy atom. The Bertz CT molecular complexity index is 1080. The van der Waals surface area contributed by atoms with Gasteiger partial charge in [-0.25, -0.2) is 9.18 Å². The second kappa shape index (κ2) is 8.46. The van der Waals surface area contributed by atoms with Crippen molar-refractivity contribution >= 4 is 24.4 Å². The Morgan fingerprint density at radius 1 is 1.28 bits per heavy atom. The minimum atomic E-state index is -0.558. The van der Waals surface area contributed by atoms with Gasteiger partial charge in [-0.15, -0.1) is 0 Å². The zero-order chi connectivity index (χ0) is 20.2. The first-order valence-corrected chi connectivity index (χ1v) is 9.42. The molecule has 1 aliphatic rings. The highest BCUT2D eigenvalue weighted by atomic mass is 32.1. The first kappa shape index (κ1) is 19.2. The Hall–Kier alpha value is -3.17. The van der Waals surface area contributed by atoms with Gasteiger partial charge in [-0.3, -0.25) is 5.10 Å². The van der Waals surface area contributed by atoms with Crippen molar-refractivity contribution in [3.63, 3.8) is 0 Å². The number of esters is 1. The summed E-state index contributed by atoms with van der Waals surface area (Å²) < 4.78 is 25.8. The van der Waals surface area contributed by atoms with Crippen molar-refractivity contribution in [2.75, 3.05) is 6.61 Å². The van der Waals surface area contributed by atoms with E-state index in [9.17, 15) is 9.18 Å². The van der Waals surface area contributed by atoms with Crippen LogP contribution in [0.5, 0.6) is 5.75 Å². The quantitative estimate of drug-likeness (QED) is 0.296. The number of carbonyl (C=O) groups is 1. The molecule has 1 fully saturated rings. The van der Waals surface area contributed by atoms with Gasteiger partial charge in [0.05, 0.1) is 11.8 Å². The van der Waals surface area contributed by atoms with Gasteiger partial charge in [0.15, 0.2) is 5.82 Å². The largest absolute Gasteiger partial charge is 0.423 e. The topological polar surface area (TPSA) is 81.5 Å². The Balaban J connectivity index is 1.45. The van der Waals surface area contributed by atoms with Gasteiger partial charge in [0, 0.05) is 6.61 Å². The molecule has 0 aliphatic carbocycles. The number of rotatable bonds is 5. The molecule has 4 rings (SSSR count). The van der Waals surface area contributed by atoms with Gasteiger partial charge >= 0.3 is 5.97 Å². The van der Waals surface area contributed by atoms with E-state index in [0.717, 1.165) is 18.4 Å². The number of H-pyrrole nitrogens is 1. The normalized spacial score (nSPS) is 16.4. The molecule has 2 aromatic carbocycles. The number of ether oxygens (including phenoxy) is 2. The number of hydrogen-bond acceptors (Lipinski definition) is 6. The van der Waals surface area contributed by atoms with Crippen molar-refractivity contribution in [1.82, 2.24) is 14.9 Å². The second-order valence-electron chi connectivity index (χ2n) is 6.41. The molecule has 1 atom stereocenters. The molecule has 0 saturated carbocycles. The molecule has 0 amide bonds. The number of aromatic amines is 1. The minimum absolute atomic E-state index is 0.117. The van der Waals surface area contributed by atoms with E-state index < -0.39 is 11.8 Å². The molecule has 148 valence electrons. The highest BCUT2D eigenvalue weighted by Gasteiger charge is 2.23. The first-order valence-electron chi connectivity index (χ1n) is 9.01. The minimum Gasteiger partial charge on any atom is -0.423 e. The second-order valence-corrected chi connectivity index (χ2v) is 6.80. The lowest BCUT2D eigenvalue weighted by molar-refractivity contribution is 0.0734. The van der Waals surface area contributed by atoms with E-state index in [-0.39, 0.29) is 11.7 Å². The molecule has 1 saturated heterocycles. The van der Waals surface area contributed by atoms with Crippen LogP contribution in [-0.4, -0.2) is 33.7 Å². The summed E-state index contributed by atoms with van der Waals surface area (Å²) in [6, 6.07) is 12.0. The smallest absolute Gasteiger partial charge is 0.343 e. The fourth-order valence-electron chi connectivity index (χ4n) is 2.90. The Labute approximate surface area is 170 Å². The summed E-state index contributed by atoms with van der Waals surface area (Å²) in [4.78, 5) is 12.1. The molecule has 1 aromatic heterocycles. The lowest BCUT2D eigenvalue weighted by Crippen LogP contribution is -2.08. The van der Waals surface area contributed by atoms with Crippen LogP contribution in [0.25, 0.3) is 0 Å². The van der Waals surface area contributed by atoms with E-state index in [0.29, 0.717) is 23.0 Å². The molecule has 0 bridgehead atoms. The number of carbonyl (C=O) groups excluding carboxylic acids is 1. The van der Waals surface area contributed by atoms with E-state index in [1.807, 2.05) is 0 Å². The van der Waals surface area contributed by atoms with E-state index in [1.165, 1.54) is 24.3 Å². The number of hydrogen-bond donors (Lipinski definition) is 1. The number of halogens is 1. The average molecular weight is 412 g/mol. The average Bonchev–Trinajstić information content (AvgIpc) is 3.38. The van der Waals surface area contributed by atoms with Crippen LogP contribution in [0.15, 0.2) is 53.6 Å². The van der Waals surface area contributed by atoms with Crippen molar-refractivity contribution in [2.45, 2.75) is 18.9 Å². The van der Waals surface area contributed by atoms with Crippen LogP contribution in [-0.2, 0) is 4.74 Å². The first-order chi connectivity index (χ1) is 14.1. The van der Waals surface area contributed by atoms with E-state index >= 15 is 0 Å². The molecule has 1 unspecified atom stereocenters. The van der Waals surface area contributed by atoms with Crippen molar-refractivity contribution < 1.29 is 18.7 Å². The van der Waals surface area contributed by atoms with Crippen LogP contribution in [0.2, 0.25) is 0 Å². The van der Waals surface area contributed by atoms with Crippen molar-refractivity contribution in [1.29, 1.82) is 0 Å². The van der Waals surface area contributed by atoms with Gasteiger partial charge in [0.25, 0.3) is 0 Å². The maximum absolute atomic E-state index is 12.9. The molecule has 9 heteroatoms. The molecular weight excluding hydrogens is 395 g/mol. The van der Waals surface area contributed by atoms with Gasteiger partial charge in [0.1, 0.15) is 17.7 Å². The SMILES string of the molecule is O=C(Oc1ccc(/C=N\n2c(C3CCCO3)n[nH]c2=S)cc1)c1ccc(F)cc1. The van der Waals surface area contributed by atoms with Crippen molar-refractivity contribution in [2.24, 2.45) is 5.10 Å². The standard InChI is InChI=1S/C20H17FN4O3S/c21-15-7-5-14(6-8-15)19(26)28-16-9-3-13(4-10-16)12-22-25-18(23-24-20(25)29)17-2-1-11-27-17/h3-10,12,17H,1-2,11H2,(H,24,29)/b22-12-. The molecule has 2 heterocycles. The molecule has 3 aromatic rings. The fourth-order valence-corrected chi connectivity index (χ4v) is 3.09. The monoisotopic (exact) mass is 412 g/mol. The summed E-state index contributed by atoms with van der Waals surface area (Å²) in [5.41, 5.74) is 1.06. The van der Waals surface area contributed by atoms with Crippen LogP contribution in [0.3, 0.4) is 0 Å². The van der Waals surface area contributed by atoms with E-state index in [4.69, 9.17) is 21.7 Å². The summed E-state index contributed by atoms with van der Waals surface area (Å²) in [6.45, 7) is 0.701. The predicted octanol–water partition coefficient (Wildman–Crippen LogP) is 4.03. The molecular formula is C20H17FN4O3S. The molecule has 29 heavy (non-hydrogen) atoms. The third-order valence-corrected chi connectivity index (χ3v) is 4.65. The zero-order valence-corrected chi connectivity index (χ0v) is 16.1. The van der Waals surface area contributed by atoms with Gasteiger partial charge in [-0.05, 0) is 79.2 Å². The summed E-state index contributed by atoms with van der Waals surface area (Å²) >= 11 is 5.24. The van der Waals surface area contributed by atoms with Crippen LogP contribution in [0, 0.1) is 10.6 Å². The van der Waals surface area contributed by atoms with Gasteiger partial charge in [-0.1, -0.05) is 0 Å². The highest BCUT2D eigenvalue weighted by Crippen LogP contribution is 2.27. The molecule has 0 radical (unpaired) electrons. The number of nitrogens with one attached hydrogen (secondary N) is 1. The Morgan fingerprint density at radius 2 is 2.03 bits per heavy atom. The van der Waals surface area contributed by atoms with E-state index in [1.54, 1.807) is 35.2 Å². The zero-order valence-electron chi connectivity index (χ0n) is 15.2. The van der Waals surface area contributed by atoms with Crippen LogP contribution in [0.1, 0.15) is 40.7 Å². The third kappa shape index (κ3) is 4.47. The van der Waals surface area contributed by atoms with Crippen molar-refractivity contribution in [3.8, 4) is 5.75 Å². The molecule has 1 aliphatic heterocycles. The lowest BCUT2D eigenvalue weighted by atomic mass is 10.2. The van der Waals surface area contributed by atoms with Crippen LogP contribution in [0.4, 0.5) is 4.39 Å². The van der Waals surface area contributed by atoms with Gasteiger partial charge < -0.3 is 9.47 Å². The van der Waals surface area contributed by atoms with Gasteiger partial charge in [0.2, 0.25) is 4.77 Å². The summed E-state index contributed by atoms with van der Waals surface area (Å²) in [6.07, 6.45) is 3.37. The van der Waals surface area contributed by atoms with Gasteiger partial charge in [-0.2, -0.15) is 14.9 Å². The number of benzene rings is 2.